The number of amides is 2. The van der Waals surface area contributed by atoms with E-state index in [1.54, 1.807) is 4.90 Å². The zero-order chi connectivity index (χ0) is 10.4. The maximum absolute atomic E-state index is 11.7. The summed E-state index contributed by atoms with van der Waals surface area (Å²) in [5, 5.41) is 2.86. The second kappa shape index (κ2) is 2.82. The van der Waals surface area contributed by atoms with E-state index in [0.29, 0.717) is 6.54 Å². The fourth-order valence-corrected chi connectivity index (χ4v) is 2.03. The van der Waals surface area contributed by atoms with Crippen molar-refractivity contribution < 1.29 is 4.79 Å². The molecule has 0 radical (unpaired) electrons. The number of nitrogens with one attached hydrogen (secondary N) is 1. The van der Waals surface area contributed by atoms with Crippen molar-refractivity contribution in [1.29, 1.82) is 0 Å². The SMILES string of the molecule is CC1CN2C(=O)Nc3ccccc3C2=N1. The van der Waals surface area contributed by atoms with Crippen LogP contribution in [0.2, 0.25) is 0 Å². The summed E-state index contributed by atoms with van der Waals surface area (Å²) in [5.41, 5.74) is 1.87. The molecule has 0 spiro atoms. The van der Waals surface area contributed by atoms with Gasteiger partial charge in [-0.2, -0.15) is 0 Å². The molecule has 2 aliphatic rings. The number of para-hydroxylation sites is 1. The molecule has 2 heterocycles. The predicted octanol–water partition coefficient (Wildman–Crippen LogP) is 1.68. The van der Waals surface area contributed by atoms with Crippen molar-refractivity contribution in [2.24, 2.45) is 4.99 Å². The molecule has 1 aromatic carbocycles. The third kappa shape index (κ3) is 1.14. The van der Waals surface area contributed by atoms with Gasteiger partial charge in [0.2, 0.25) is 0 Å². The maximum atomic E-state index is 11.7. The number of benzene rings is 1. The average Bonchev–Trinajstić information content (AvgIpc) is 2.61. The molecule has 1 atom stereocenters. The maximum Gasteiger partial charge on any atom is 0.327 e. The van der Waals surface area contributed by atoms with Gasteiger partial charge in [-0.1, -0.05) is 12.1 Å². The van der Waals surface area contributed by atoms with E-state index in [0.717, 1.165) is 17.1 Å². The number of amidine groups is 1. The van der Waals surface area contributed by atoms with Crippen LogP contribution in [-0.4, -0.2) is 29.4 Å². The van der Waals surface area contributed by atoms with Crippen LogP contribution >= 0.6 is 0 Å². The lowest BCUT2D eigenvalue weighted by Gasteiger charge is -2.26. The van der Waals surface area contributed by atoms with E-state index >= 15 is 0 Å². The first-order chi connectivity index (χ1) is 7.25. The second-order valence-electron chi connectivity index (χ2n) is 3.89. The van der Waals surface area contributed by atoms with Crippen LogP contribution in [0.5, 0.6) is 0 Å². The summed E-state index contributed by atoms with van der Waals surface area (Å²) in [6, 6.07) is 7.87. The van der Waals surface area contributed by atoms with E-state index in [9.17, 15) is 4.79 Å². The largest absolute Gasteiger partial charge is 0.327 e. The van der Waals surface area contributed by atoms with E-state index in [1.165, 1.54) is 0 Å². The first-order valence-electron chi connectivity index (χ1n) is 5.01. The van der Waals surface area contributed by atoms with Crippen molar-refractivity contribution in [2.45, 2.75) is 13.0 Å². The van der Waals surface area contributed by atoms with Gasteiger partial charge < -0.3 is 5.32 Å². The van der Waals surface area contributed by atoms with Crippen LogP contribution in [0.3, 0.4) is 0 Å². The zero-order valence-corrected chi connectivity index (χ0v) is 8.40. The third-order valence-corrected chi connectivity index (χ3v) is 2.70. The molecule has 4 heteroatoms. The van der Waals surface area contributed by atoms with Crippen molar-refractivity contribution in [2.75, 3.05) is 11.9 Å². The van der Waals surface area contributed by atoms with Crippen LogP contribution < -0.4 is 5.32 Å². The molecule has 4 nitrogen and oxygen atoms in total. The molecule has 0 aliphatic carbocycles. The predicted molar refractivity (Wildman–Crippen MR) is 58.2 cm³/mol. The Morgan fingerprint density at radius 3 is 3.13 bits per heavy atom. The van der Waals surface area contributed by atoms with Crippen LogP contribution in [0.25, 0.3) is 0 Å². The first kappa shape index (κ1) is 8.47. The Morgan fingerprint density at radius 1 is 1.47 bits per heavy atom. The van der Waals surface area contributed by atoms with Gasteiger partial charge in [0.1, 0.15) is 5.84 Å². The van der Waals surface area contributed by atoms with Gasteiger partial charge in [-0.05, 0) is 19.1 Å². The molecule has 0 saturated carbocycles. The molecule has 2 amide bonds. The van der Waals surface area contributed by atoms with Crippen LogP contribution in [-0.2, 0) is 0 Å². The quantitative estimate of drug-likeness (QED) is 0.682. The molecule has 2 aliphatic heterocycles. The average molecular weight is 201 g/mol. The van der Waals surface area contributed by atoms with Gasteiger partial charge in [0, 0.05) is 5.56 Å². The van der Waals surface area contributed by atoms with Crippen molar-refractivity contribution >= 4 is 17.6 Å². The molecule has 76 valence electrons. The Balaban J connectivity index is 2.18. The summed E-state index contributed by atoms with van der Waals surface area (Å²) in [6.45, 7) is 2.69. The monoisotopic (exact) mass is 201 g/mol. The Labute approximate surface area is 87.6 Å². The number of hydrogen-bond acceptors (Lipinski definition) is 2. The smallest absolute Gasteiger partial charge is 0.307 e. The Hall–Kier alpha value is -1.84. The van der Waals surface area contributed by atoms with Crippen LogP contribution in [0.4, 0.5) is 10.5 Å². The Bertz CT molecular complexity index is 467. The molecule has 0 aromatic heterocycles. The van der Waals surface area contributed by atoms with Gasteiger partial charge in [-0.3, -0.25) is 9.89 Å². The van der Waals surface area contributed by atoms with E-state index in [4.69, 9.17) is 0 Å². The summed E-state index contributed by atoms with van der Waals surface area (Å²) in [7, 11) is 0. The number of carbonyl (C=O) groups is 1. The summed E-state index contributed by atoms with van der Waals surface area (Å²) >= 11 is 0. The summed E-state index contributed by atoms with van der Waals surface area (Å²) in [5.74, 6) is 0.807. The highest BCUT2D eigenvalue weighted by Crippen LogP contribution is 2.27. The normalized spacial score (nSPS) is 23.0. The third-order valence-electron chi connectivity index (χ3n) is 2.70. The van der Waals surface area contributed by atoms with E-state index in [-0.39, 0.29) is 12.1 Å². The van der Waals surface area contributed by atoms with Crippen molar-refractivity contribution in [3.63, 3.8) is 0 Å². The second-order valence-corrected chi connectivity index (χ2v) is 3.89. The minimum absolute atomic E-state index is 0.0724. The number of carbonyl (C=O) groups excluding carboxylic acids is 1. The zero-order valence-electron chi connectivity index (χ0n) is 8.40. The van der Waals surface area contributed by atoms with Gasteiger partial charge in [0.15, 0.2) is 0 Å². The van der Waals surface area contributed by atoms with Crippen molar-refractivity contribution in [1.82, 2.24) is 4.90 Å². The van der Waals surface area contributed by atoms with Crippen molar-refractivity contribution in [3.8, 4) is 0 Å². The minimum atomic E-state index is -0.0724. The Kier molecular flexibility index (Phi) is 1.59. The summed E-state index contributed by atoms with van der Waals surface area (Å²) in [4.78, 5) is 17.9. The lowest BCUT2D eigenvalue weighted by molar-refractivity contribution is 0.234. The number of rotatable bonds is 0. The highest BCUT2D eigenvalue weighted by atomic mass is 16.2. The van der Waals surface area contributed by atoms with Gasteiger partial charge in [-0.25, -0.2) is 4.79 Å². The molecule has 0 fully saturated rings. The molecule has 3 rings (SSSR count). The fraction of sp³-hybridized carbons (Fsp3) is 0.273. The standard InChI is InChI=1S/C11H11N3O/c1-7-6-14-10(12-7)8-4-2-3-5-9(8)13-11(14)15/h2-5,7H,6H2,1H3,(H,13,15). The van der Waals surface area contributed by atoms with Crippen LogP contribution in [0.1, 0.15) is 12.5 Å². The molecule has 15 heavy (non-hydrogen) atoms. The lowest BCUT2D eigenvalue weighted by Crippen LogP contribution is -2.42. The van der Waals surface area contributed by atoms with E-state index in [2.05, 4.69) is 10.3 Å². The van der Waals surface area contributed by atoms with Gasteiger partial charge in [0.25, 0.3) is 0 Å². The molecule has 0 saturated heterocycles. The Morgan fingerprint density at radius 2 is 2.27 bits per heavy atom. The van der Waals surface area contributed by atoms with E-state index < -0.39 is 0 Å². The topological polar surface area (TPSA) is 44.7 Å². The molecule has 0 bridgehead atoms. The first-order valence-corrected chi connectivity index (χ1v) is 5.01. The van der Waals surface area contributed by atoms with Crippen LogP contribution in [0.15, 0.2) is 29.3 Å². The highest BCUT2D eigenvalue weighted by molar-refractivity contribution is 6.19. The molecular formula is C11H11N3O. The van der Waals surface area contributed by atoms with Gasteiger partial charge in [0.05, 0.1) is 18.3 Å². The molecule has 1 unspecified atom stereocenters. The number of nitrogens with zero attached hydrogens (tertiary/aromatic N) is 2. The number of anilines is 1. The highest BCUT2D eigenvalue weighted by Gasteiger charge is 2.33. The molecular weight excluding hydrogens is 190 g/mol. The van der Waals surface area contributed by atoms with E-state index in [1.807, 2.05) is 31.2 Å². The number of hydrogen-bond donors (Lipinski definition) is 1. The minimum Gasteiger partial charge on any atom is -0.307 e. The number of aliphatic imine (C=N–C) groups is 1. The molecule has 1 aromatic rings. The molecule has 1 N–H and O–H groups in total. The summed E-state index contributed by atoms with van der Waals surface area (Å²) < 4.78 is 0. The summed E-state index contributed by atoms with van der Waals surface area (Å²) in [6.07, 6.45) is 0. The lowest BCUT2D eigenvalue weighted by atomic mass is 10.1. The number of urea groups is 1. The van der Waals surface area contributed by atoms with Gasteiger partial charge in [-0.15, -0.1) is 0 Å². The van der Waals surface area contributed by atoms with Crippen molar-refractivity contribution in [3.05, 3.63) is 29.8 Å². The number of fused-ring (bicyclic) bond motifs is 3. The van der Waals surface area contributed by atoms with Gasteiger partial charge >= 0.3 is 6.03 Å². The fourth-order valence-electron chi connectivity index (χ4n) is 2.03. The van der Waals surface area contributed by atoms with Crippen LogP contribution in [0, 0.1) is 0 Å².